The molecule has 16 heteroatoms. The van der Waals surface area contributed by atoms with E-state index in [9.17, 15) is 19.6 Å². The van der Waals surface area contributed by atoms with E-state index in [1.807, 2.05) is 0 Å². The number of hydrogen-bond acceptors (Lipinski definition) is 10. The first-order chi connectivity index (χ1) is 17.0. The summed E-state index contributed by atoms with van der Waals surface area (Å²) in [6.45, 7) is 0. The number of aliphatic hydroxyl groups is 2. The Morgan fingerprint density at radius 2 is 1.94 bits per heavy atom. The molecule has 0 spiro atoms. The van der Waals surface area contributed by atoms with Crippen molar-refractivity contribution in [2.75, 3.05) is 18.5 Å². The number of aromatic nitrogens is 4. The van der Waals surface area contributed by atoms with Gasteiger partial charge in [-0.3, -0.25) is 14.4 Å². The van der Waals surface area contributed by atoms with Crippen LogP contribution in [0, 0.1) is 0 Å². The highest BCUT2D eigenvalue weighted by Gasteiger charge is 2.45. The highest BCUT2D eigenvalue weighted by Crippen LogP contribution is 2.40. The van der Waals surface area contributed by atoms with E-state index in [4.69, 9.17) is 30.9 Å². The predicted molar refractivity (Wildman–Crippen MR) is 125 cm³/mol. The average molecular weight is 547 g/mol. The van der Waals surface area contributed by atoms with Crippen LogP contribution in [0.15, 0.2) is 6.33 Å². The van der Waals surface area contributed by atoms with Crippen molar-refractivity contribution < 1.29 is 38.8 Å². The molecular weight excluding hydrogens is 519 g/mol. The number of aliphatic hydroxyl groups excluding tert-OH is 2. The highest BCUT2D eigenvalue weighted by molar-refractivity contribution is 7.51. The summed E-state index contributed by atoms with van der Waals surface area (Å²) in [7, 11) is -2.22. The zero-order valence-corrected chi connectivity index (χ0v) is 21.0. The molecule has 0 saturated carbocycles. The van der Waals surface area contributed by atoms with Crippen LogP contribution in [0.2, 0.25) is 5.28 Å². The summed E-state index contributed by atoms with van der Waals surface area (Å²) in [6.07, 6.45) is -1.61. The molecule has 3 unspecified atom stereocenters. The van der Waals surface area contributed by atoms with Crippen LogP contribution in [0.3, 0.4) is 0 Å². The molecule has 14 nitrogen and oxygen atoms in total. The van der Waals surface area contributed by atoms with Gasteiger partial charge in [0.05, 0.1) is 18.6 Å². The molecule has 3 aliphatic heterocycles. The number of piperidine rings is 1. The van der Waals surface area contributed by atoms with Crippen LogP contribution in [-0.2, 0) is 14.0 Å². The molecule has 36 heavy (non-hydrogen) atoms. The Balaban J connectivity index is 1.31. The molecular formula is C20H28ClN6O8P. The lowest BCUT2D eigenvalue weighted by atomic mass is 10.0. The van der Waals surface area contributed by atoms with Crippen molar-refractivity contribution in [2.24, 2.45) is 0 Å². The van der Waals surface area contributed by atoms with Crippen molar-refractivity contribution >= 4 is 42.3 Å². The number of fused-ring (bicyclic) bond motifs is 3. The van der Waals surface area contributed by atoms with Crippen molar-refractivity contribution in [1.82, 2.24) is 24.4 Å². The molecule has 2 aromatic heterocycles. The second kappa shape index (κ2) is 9.76. The number of ether oxygens (including phenoxy) is 2. The second-order valence-corrected chi connectivity index (χ2v) is 11.7. The highest BCUT2D eigenvalue weighted by atomic mass is 35.5. The topological polar surface area (TPSA) is 192 Å². The van der Waals surface area contributed by atoms with E-state index in [1.165, 1.54) is 10.9 Å². The molecule has 2 bridgehead atoms. The minimum Gasteiger partial charge on any atom is -0.446 e. The van der Waals surface area contributed by atoms with Gasteiger partial charge in [0, 0.05) is 24.9 Å². The van der Waals surface area contributed by atoms with E-state index in [0.717, 1.165) is 25.7 Å². The van der Waals surface area contributed by atoms with Gasteiger partial charge in [-0.05, 0) is 37.9 Å². The molecule has 0 aromatic carbocycles. The molecule has 3 aliphatic rings. The SMILES string of the molecule is CN1[C@@H]2CC[C@H]1CC(OC(=O)Nc1nc(Cl)nc3c1ncn3[C@@H]1O[C@H](CCP(=O)(O)O)C(O)C1O)C2. The fourth-order valence-corrected chi connectivity index (χ4v) is 6.15. The Morgan fingerprint density at radius 3 is 2.61 bits per heavy atom. The molecule has 0 aliphatic carbocycles. The van der Waals surface area contributed by atoms with Crippen molar-refractivity contribution in [1.29, 1.82) is 0 Å². The van der Waals surface area contributed by atoms with E-state index in [0.29, 0.717) is 12.1 Å². The maximum absolute atomic E-state index is 12.7. The van der Waals surface area contributed by atoms with Crippen molar-refractivity contribution in [3.8, 4) is 0 Å². The summed E-state index contributed by atoms with van der Waals surface area (Å²) in [5, 5.41) is 23.2. The standard InChI is InChI=1S/C20H28ClN6O8P/c1-26-9-2-3-10(26)7-11(6-9)34-20(30)24-16-13-17(25-19(21)23-16)27(8-22-13)18-15(29)14(28)12(35-18)4-5-36(31,32)33/h8-12,14-15,18,28-29H,2-7H2,1H3,(H2,31,32,33)(H,23,24,25,30)/t9-,10+,11?,12-,14?,15?,18-/m1/s1. The number of imidazole rings is 1. The molecule has 5 N–H and O–H groups in total. The summed E-state index contributed by atoms with van der Waals surface area (Å²) in [4.78, 5) is 45.6. The predicted octanol–water partition coefficient (Wildman–Crippen LogP) is 0.840. The van der Waals surface area contributed by atoms with Gasteiger partial charge in [-0.25, -0.2) is 9.78 Å². The van der Waals surface area contributed by atoms with E-state index in [-0.39, 0.29) is 34.8 Å². The minimum atomic E-state index is -4.31. The van der Waals surface area contributed by atoms with Gasteiger partial charge in [-0.15, -0.1) is 0 Å². The first-order valence-corrected chi connectivity index (χ1v) is 13.8. The summed E-state index contributed by atoms with van der Waals surface area (Å²) in [5.41, 5.74) is 0.276. The van der Waals surface area contributed by atoms with Crippen LogP contribution in [0.25, 0.3) is 11.2 Å². The first kappa shape index (κ1) is 25.7. The lowest BCUT2D eigenvalue weighted by Crippen LogP contribution is -2.43. The summed E-state index contributed by atoms with van der Waals surface area (Å²) < 4.78 is 23.9. The number of halogens is 1. The van der Waals surface area contributed by atoms with Gasteiger partial charge in [0.25, 0.3) is 0 Å². The van der Waals surface area contributed by atoms with Gasteiger partial charge in [0.15, 0.2) is 23.2 Å². The summed E-state index contributed by atoms with van der Waals surface area (Å²) in [5.74, 6) is 0.00994. The average Bonchev–Trinajstić information content (AvgIpc) is 3.38. The number of amides is 1. The molecule has 7 atom stereocenters. The maximum atomic E-state index is 12.7. The van der Waals surface area contributed by atoms with E-state index >= 15 is 0 Å². The first-order valence-electron chi connectivity index (χ1n) is 11.7. The molecule has 1 amide bonds. The molecule has 5 heterocycles. The Morgan fingerprint density at radius 1 is 1.25 bits per heavy atom. The van der Waals surface area contributed by atoms with E-state index in [1.54, 1.807) is 0 Å². The fourth-order valence-electron chi connectivity index (χ4n) is 5.39. The second-order valence-electron chi connectivity index (χ2n) is 9.56. The number of carbonyl (C=O) groups excluding carboxylic acids is 1. The fraction of sp³-hybridized carbons (Fsp3) is 0.700. The summed E-state index contributed by atoms with van der Waals surface area (Å²) in [6, 6.07) is 0.798. The summed E-state index contributed by atoms with van der Waals surface area (Å²) >= 11 is 6.09. The van der Waals surface area contributed by atoms with Gasteiger partial charge >= 0.3 is 13.7 Å². The monoisotopic (exact) mass is 546 g/mol. The minimum absolute atomic E-state index is 0.00994. The molecule has 3 fully saturated rings. The Labute approximate surface area is 210 Å². The Bertz CT molecular complexity index is 1180. The van der Waals surface area contributed by atoms with Crippen LogP contribution < -0.4 is 5.32 Å². The van der Waals surface area contributed by atoms with Gasteiger partial charge in [0.1, 0.15) is 18.3 Å². The number of hydrogen-bond donors (Lipinski definition) is 5. The van der Waals surface area contributed by atoms with Crippen molar-refractivity contribution in [3.05, 3.63) is 11.6 Å². The van der Waals surface area contributed by atoms with E-state index in [2.05, 4.69) is 32.2 Å². The van der Waals surface area contributed by atoms with Gasteiger partial charge in [-0.2, -0.15) is 9.97 Å². The van der Waals surface area contributed by atoms with Gasteiger partial charge < -0.3 is 34.4 Å². The Hall–Kier alpha value is -1.90. The lowest BCUT2D eigenvalue weighted by Gasteiger charge is -2.35. The van der Waals surface area contributed by atoms with Crippen LogP contribution in [0.1, 0.15) is 38.3 Å². The molecule has 3 saturated heterocycles. The molecule has 5 rings (SSSR count). The normalized spacial score (nSPS) is 32.8. The largest absolute Gasteiger partial charge is 0.446 e. The number of carbonyl (C=O) groups is 1. The zero-order valence-electron chi connectivity index (χ0n) is 19.3. The molecule has 2 aromatic rings. The third-order valence-electron chi connectivity index (χ3n) is 7.26. The molecule has 0 radical (unpaired) electrons. The van der Waals surface area contributed by atoms with Crippen molar-refractivity contribution in [3.63, 3.8) is 0 Å². The maximum Gasteiger partial charge on any atom is 0.413 e. The van der Waals surface area contributed by atoms with E-state index < -0.39 is 44.4 Å². The van der Waals surface area contributed by atoms with Crippen molar-refractivity contribution in [2.45, 2.75) is 74.8 Å². The smallest absolute Gasteiger partial charge is 0.413 e. The van der Waals surface area contributed by atoms with Gasteiger partial charge in [0.2, 0.25) is 5.28 Å². The van der Waals surface area contributed by atoms with Crippen LogP contribution in [0.5, 0.6) is 0 Å². The number of nitrogens with one attached hydrogen (secondary N) is 1. The Kier molecular flexibility index (Phi) is 6.98. The third-order valence-corrected chi connectivity index (χ3v) is 8.27. The quantitative estimate of drug-likeness (QED) is 0.253. The third kappa shape index (κ3) is 5.09. The zero-order chi connectivity index (χ0) is 25.8. The lowest BCUT2D eigenvalue weighted by molar-refractivity contribution is -0.0355. The number of anilines is 1. The van der Waals surface area contributed by atoms with Gasteiger partial charge in [-0.1, -0.05) is 0 Å². The number of rotatable bonds is 6. The van der Waals surface area contributed by atoms with Crippen LogP contribution in [-0.4, -0.2) is 100 Å². The van der Waals surface area contributed by atoms with Crippen LogP contribution in [0.4, 0.5) is 10.6 Å². The number of nitrogens with zero attached hydrogens (tertiary/aromatic N) is 5. The molecule has 198 valence electrons. The van der Waals surface area contributed by atoms with Crippen LogP contribution >= 0.6 is 19.2 Å².